The number of aromatic nitrogens is 3. The van der Waals surface area contributed by atoms with E-state index in [4.69, 9.17) is 5.10 Å². The number of nitrogens with zero attached hydrogens (tertiary/aromatic N) is 5. The van der Waals surface area contributed by atoms with E-state index >= 15 is 0 Å². The monoisotopic (exact) mass is 495 g/mol. The molecule has 0 saturated heterocycles. The molecule has 2 fully saturated rings. The standard InChI is InChI=1S/C24H25N5OS3/c1-15-25-26-24(28(15)17-9-10-17)33-14-21(30)29-23(20-8-4-12-32-20)19-7-2-5-16(22(19)27-29)13-18-6-3-11-31-18/h3-4,6,8,11-13,17,19,23H,2,5,7,9-10,14H2,1H3/b16-13-/t19-,23+/m0/s1. The Labute approximate surface area is 205 Å². The third-order valence-electron chi connectivity index (χ3n) is 6.52. The van der Waals surface area contributed by atoms with Gasteiger partial charge in [0.05, 0.1) is 17.5 Å². The third kappa shape index (κ3) is 4.11. The van der Waals surface area contributed by atoms with Gasteiger partial charge in [0.1, 0.15) is 5.82 Å². The molecular weight excluding hydrogens is 470 g/mol. The van der Waals surface area contributed by atoms with E-state index in [-0.39, 0.29) is 17.9 Å². The Kier molecular flexibility index (Phi) is 5.72. The van der Waals surface area contributed by atoms with Crippen LogP contribution >= 0.6 is 34.4 Å². The van der Waals surface area contributed by atoms with Gasteiger partial charge in [0.2, 0.25) is 0 Å². The molecule has 4 heterocycles. The number of hydrazone groups is 1. The molecule has 0 radical (unpaired) electrons. The highest BCUT2D eigenvalue weighted by Crippen LogP contribution is 2.46. The lowest BCUT2D eigenvalue weighted by Gasteiger charge is -2.28. The van der Waals surface area contributed by atoms with Gasteiger partial charge in [-0.1, -0.05) is 23.9 Å². The van der Waals surface area contributed by atoms with Crippen LogP contribution in [0.15, 0.2) is 50.9 Å². The first-order valence-corrected chi connectivity index (χ1v) is 14.2. The van der Waals surface area contributed by atoms with Crippen molar-refractivity contribution in [2.45, 2.75) is 56.3 Å². The van der Waals surface area contributed by atoms with Crippen molar-refractivity contribution >= 4 is 52.1 Å². The van der Waals surface area contributed by atoms with Crippen molar-refractivity contribution in [3.8, 4) is 0 Å². The van der Waals surface area contributed by atoms with E-state index in [1.54, 1.807) is 27.7 Å². The summed E-state index contributed by atoms with van der Waals surface area (Å²) in [5.41, 5.74) is 2.38. The molecule has 6 nitrogen and oxygen atoms in total. The smallest absolute Gasteiger partial charge is 0.253 e. The molecular formula is C24H25N5OS3. The van der Waals surface area contributed by atoms with Crippen molar-refractivity contribution in [3.05, 3.63) is 56.2 Å². The zero-order valence-corrected chi connectivity index (χ0v) is 20.8. The predicted molar refractivity (Wildman–Crippen MR) is 135 cm³/mol. The van der Waals surface area contributed by atoms with Crippen molar-refractivity contribution < 1.29 is 4.79 Å². The number of fused-ring (bicyclic) bond motifs is 1. The quantitative estimate of drug-likeness (QED) is 0.396. The van der Waals surface area contributed by atoms with Crippen molar-refractivity contribution in [1.82, 2.24) is 19.8 Å². The highest BCUT2D eigenvalue weighted by molar-refractivity contribution is 7.99. The van der Waals surface area contributed by atoms with Gasteiger partial charge in [-0.05, 0) is 73.6 Å². The van der Waals surface area contributed by atoms with Gasteiger partial charge in [-0.2, -0.15) is 5.10 Å². The number of thioether (sulfide) groups is 1. The van der Waals surface area contributed by atoms with E-state index in [0.29, 0.717) is 11.8 Å². The third-order valence-corrected chi connectivity index (χ3v) is 9.21. The number of amides is 1. The van der Waals surface area contributed by atoms with Crippen LogP contribution in [0.2, 0.25) is 0 Å². The molecule has 2 aliphatic carbocycles. The SMILES string of the molecule is Cc1nnc(SCC(=O)N2N=C3/C(=C\c4cccs4)CCC[C@@H]3[C@@H]2c2cccs2)n1C1CC1. The van der Waals surface area contributed by atoms with Gasteiger partial charge in [-0.3, -0.25) is 4.79 Å². The predicted octanol–water partition coefficient (Wildman–Crippen LogP) is 5.96. The maximum atomic E-state index is 13.5. The van der Waals surface area contributed by atoms with Gasteiger partial charge < -0.3 is 4.57 Å². The van der Waals surface area contributed by atoms with Crippen LogP contribution in [0.25, 0.3) is 6.08 Å². The van der Waals surface area contributed by atoms with E-state index in [9.17, 15) is 4.79 Å². The van der Waals surface area contributed by atoms with Gasteiger partial charge >= 0.3 is 0 Å². The number of carbonyl (C=O) groups excluding carboxylic acids is 1. The van der Waals surface area contributed by atoms with Gasteiger partial charge in [-0.15, -0.1) is 32.9 Å². The fraction of sp³-hybridized carbons (Fsp3) is 0.417. The number of hydrogen-bond donors (Lipinski definition) is 0. The Morgan fingerprint density at radius 1 is 1.18 bits per heavy atom. The Morgan fingerprint density at radius 2 is 2.03 bits per heavy atom. The Balaban J connectivity index is 1.28. The van der Waals surface area contributed by atoms with Crippen LogP contribution < -0.4 is 0 Å². The highest BCUT2D eigenvalue weighted by atomic mass is 32.2. The van der Waals surface area contributed by atoms with E-state index in [1.165, 1.54) is 39.9 Å². The molecule has 9 heteroatoms. The molecule has 0 N–H and O–H groups in total. The Bertz CT molecular complexity index is 1210. The van der Waals surface area contributed by atoms with Gasteiger partial charge in [0.15, 0.2) is 5.16 Å². The topological polar surface area (TPSA) is 63.4 Å². The summed E-state index contributed by atoms with van der Waals surface area (Å²) in [7, 11) is 0. The van der Waals surface area contributed by atoms with Crippen molar-refractivity contribution in [3.63, 3.8) is 0 Å². The number of hydrogen-bond acceptors (Lipinski definition) is 7. The van der Waals surface area contributed by atoms with Crippen LogP contribution in [0.1, 0.15) is 59.8 Å². The molecule has 0 bridgehead atoms. The lowest BCUT2D eigenvalue weighted by Crippen LogP contribution is -2.32. The van der Waals surface area contributed by atoms with Crippen LogP contribution in [0.4, 0.5) is 0 Å². The summed E-state index contributed by atoms with van der Waals surface area (Å²) in [5, 5.41) is 20.4. The van der Waals surface area contributed by atoms with E-state index in [1.807, 2.05) is 6.92 Å². The minimum Gasteiger partial charge on any atom is -0.303 e. The second-order valence-electron chi connectivity index (χ2n) is 8.79. The average molecular weight is 496 g/mol. The van der Waals surface area contributed by atoms with Gasteiger partial charge in [0, 0.05) is 21.7 Å². The van der Waals surface area contributed by atoms with Crippen LogP contribution in [-0.4, -0.2) is 37.1 Å². The summed E-state index contributed by atoms with van der Waals surface area (Å²) in [6.07, 6.45) is 7.82. The second-order valence-corrected chi connectivity index (χ2v) is 11.7. The van der Waals surface area contributed by atoms with Gasteiger partial charge in [-0.25, -0.2) is 5.01 Å². The van der Waals surface area contributed by atoms with Gasteiger partial charge in [0.25, 0.3) is 5.91 Å². The van der Waals surface area contributed by atoms with Crippen molar-refractivity contribution in [1.29, 1.82) is 0 Å². The van der Waals surface area contributed by atoms with Crippen LogP contribution in [0.5, 0.6) is 0 Å². The molecule has 0 spiro atoms. The average Bonchev–Trinajstić information content (AvgIpc) is 3.26. The normalized spacial score (nSPS) is 23.7. The second kappa shape index (κ2) is 8.85. The first-order valence-electron chi connectivity index (χ1n) is 11.4. The van der Waals surface area contributed by atoms with Crippen LogP contribution in [0, 0.1) is 12.8 Å². The minimum atomic E-state index is -0.0110. The summed E-state index contributed by atoms with van der Waals surface area (Å²) >= 11 is 4.95. The maximum absolute atomic E-state index is 13.5. The summed E-state index contributed by atoms with van der Waals surface area (Å²) in [6, 6.07) is 8.93. The molecule has 1 aliphatic heterocycles. The zero-order valence-electron chi connectivity index (χ0n) is 18.4. The van der Waals surface area contributed by atoms with Crippen LogP contribution in [-0.2, 0) is 4.79 Å². The molecule has 1 amide bonds. The summed E-state index contributed by atoms with van der Waals surface area (Å²) in [6.45, 7) is 1.99. The zero-order chi connectivity index (χ0) is 22.4. The first-order chi connectivity index (χ1) is 16.2. The molecule has 2 saturated carbocycles. The van der Waals surface area contributed by atoms with E-state index in [2.05, 4.69) is 55.9 Å². The molecule has 3 aliphatic rings. The number of allylic oxidation sites excluding steroid dienone is 1. The van der Waals surface area contributed by atoms with E-state index in [0.717, 1.165) is 36.0 Å². The largest absolute Gasteiger partial charge is 0.303 e. The molecule has 33 heavy (non-hydrogen) atoms. The number of carbonyl (C=O) groups is 1. The van der Waals surface area contributed by atoms with Crippen LogP contribution in [0.3, 0.4) is 0 Å². The summed E-state index contributed by atoms with van der Waals surface area (Å²) < 4.78 is 2.19. The maximum Gasteiger partial charge on any atom is 0.253 e. The molecule has 0 aromatic carbocycles. The summed E-state index contributed by atoms with van der Waals surface area (Å²) in [4.78, 5) is 16.0. The lowest BCUT2D eigenvalue weighted by atomic mass is 9.79. The molecule has 3 aromatic rings. The Morgan fingerprint density at radius 3 is 2.79 bits per heavy atom. The van der Waals surface area contributed by atoms with Crippen molar-refractivity contribution in [2.75, 3.05) is 5.75 Å². The molecule has 3 aromatic heterocycles. The first kappa shape index (κ1) is 21.3. The lowest BCUT2D eigenvalue weighted by molar-refractivity contribution is -0.130. The Hall–Kier alpha value is -2.23. The fourth-order valence-electron chi connectivity index (χ4n) is 4.88. The number of aryl methyl sites for hydroxylation is 1. The summed E-state index contributed by atoms with van der Waals surface area (Å²) in [5.74, 6) is 1.55. The van der Waals surface area contributed by atoms with Crippen molar-refractivity contribution in [2.24, 2.45) is 11.0 Å². The molecule has 170 valence electrons. The molecule has 2 atom stereocenters. The highest BCUT2D eigenvalue weighted by Gasteiger charge is 2.44. The fourth-order valence-corrected chi connectivity index (χ4v) is 7.34. The number of thiophene rings is 2. The molecule has 0 unspecified atom stereocenters. The number of rotatable bonds is 6. The molecule has 6 rings (SSSR count). The minimum absolute atomic E-state index is 0.0110. The van der Waals surface area contributed by atoms with E-state index < -0.39 is 0 Å².